The van der Waals surface area contributed by atoms with Gasteiger partial charge in [-0.25, -0.2) is 0 Å². The van der Waals surface area contributed by atoms with Crippen molar-refractivity contribution in [2.24, 2.45) is 12.8 Å². The molecule has 19 heavy (non-hydrogen) atoms. The van der Waals surface area contributed by atoms with Crippen molar-refractivity contribution >= 4 is 5.91 Å². The lowest BCUT2D eigenvalue weighted by molar-refractivity contribution is 0.0561. The average Bonchev–Trinajstić information content (AvgIpc) is 2.86. The molecule has 1 amide bonds. The fourth-order valence-corrected chi connectivity index (χ4v) is 2.61. The third-order valence-electron chi connectivity index (χ3n) is 3.90. The van der Waals surface area contributed by atoms with E-state index in [9.17, 15) is 4.79 Å². The molecule has 1 aliphatic rings. The molecule has 1 atom stereocenters. The molecule has 1 aromatic rings. The van der Waals surface area contributed by atoms with Gasteiger partial charge in [-0.1, -0.05) is 6.92 Å². The van der Waals surface area contributed by atoms with E-state index in [1.54, 1.807) is 24.0 Å². The van der Waals surface area contributed by atoms with Crippen molar-refractivity contribution < 1.29 is 4.79 Å². The Balaban J connectivity index is 1.93. The lowest BCUT2D eigenvalue weighted by Crippen LogP contribution is -2.53. The van der Waals surface area contributed by atoms with Crippen molar-refractivity contribution in [1.82, 2.24) is 19.6 Å². The van der Waals surface area contributed by atoms with E-state index in [0.29, 0.717) is 18.3 Å². The zero-order valence-corrected chi connectivity index (χ0v) is 11.7. The van der Waals surface area contributed by atoms with Crippen LogP contribution in [0.2, 0.25) is 0 Å². The molecular formula is C13H23N5O. The van der Waals surface area contributed by atoms with Crippen LogP contribution < -0.4 is 5.73 Å². The Kier molecular flexibility index (Phi) is 4.55. The van der Waals surface area contributed by atoms with Crippen LogP contribution in [0.5, 0.6) is 0 Å². The van der Waals surface area contributed by atoms with Crippen LogP contribution in [-0.2, 0) is 7.05 Å². The number of amides is 1. The minimum Gasteiger partial charge on any atom is -0.335 e. The second-order valence-electron chi connectivity index (χ2n) is 4.97. The van der Waals surface area contributed by atoms with Crippen molar-refractivity contribution in [3.63, 3.8) is 0 Å². The molecule has 0 aliphatic carbocycles. The fourth-order valence-electron chi connectivity index (χ4n) is 2.61. The maximum atomic E-state index is 12.3. The molecular weight excluding hydrogens is 242 g/mol. The first-order valence-corrected chi connectivity index (χ1v) is 6.88. The van der Waals surface area contributed by atoms with Crippen LogP contribution in [0.4, 0.5) is 0 Å². The monoisotopic (exact) mass is 265 g/mol. The van der Waals surface area contributed by atoms with Gasteiger partial charge in [0, 0.05) is 52.0 Å². The van der Waals surface area contributed by atoms with Gasteiger partial charge in [0.1, 0.15) is 5.69 Å². The predicted molar refractivity (Wildman–Crippen MR) is 73.8 cm³/mol. The number of carbonyl (C=O) groups is 1. The molecule has 2 N–H and O–H groups in total. The van der Waals surface area contributed by atoms with E-state index in [2.05, 4.69) is 16.9 Å². The Bertz CT molecular complexity index is 418. The number of rotatable bonds is 4. The summed E-state index contributed by atoms with van der Waals surface area (Å²) in [4.78, 5) is 16.6. The Labute approximate surface area is 114 Å². The lowest BCUT2D eigenvalue weighted by atomic mass is 10.1. The summed E-state index contributed by atoms with van der Waals surface area (Å²) in [6.45, 7) is 6.18. The first kappa shape index (κ1) is 14.0. The molecule has 2 heterocycles. The standard InChI is InChI=1S/C13H23N5O/c1-3-11(10-14)17-6-8-18(9-7-17)13(19)12-4-5-15-16(12)2/h4-5,11H,3,6-10,14H2,1-2H3. The summed E-state index contributed by atoms with van der Waals surface area (Å²) in [5.41, 5.74) is 6.42. The number of nitrogens with two attached hydrogens (primary N) is 1. The topological polar surface area (TPSA) is 67.4 Å². The van der Waals surface area contributed by atoms with Gasteiger partial charge in [-0.3, -0.25) is 14.4 Å². The molecule has 0 spiro atoms. The highest BCUT2D eigenvalue weighted by Crippen LogP contribution is 2.11. The SMILES string of the molecule is CCC(CN)N1CCN(C(=O)c2ccnn2C)CC1. The molecule has 6 heteroatoms. The average molecular weight is 265 g/mol. The van der Waals surface area contributed by atoms with Crippen molar-refractivity contribution in [2.75, 3.05) is 32.7 Å². The van der Waals surface area contributed by atoms with Gasteiger partial charge < -0.3 is 10.6 Å². The molecule has 1 aromatic heterocycles. The van der Waals surface area contributed by atoms with Gasteiger partial charge in [-0.05, 0) is 12.5 Å². The highest BCUT2D eigenvalue weighted by molar-refractivity contribution is 5.92. The molecule has 1 saturated heterocycles. The van der Waals surface area contributed by atoms with Gasteiger partial charge in [0.15, 0.2) is 0 Å². The van der Waals surface area contributed by atoms with Gasteiger partial charge in [-0.2, -0.15) is 5.10 Å². The lowest BCUT2D eigenvalue weighted by Gasteiger charge is -2.38. The molecule has 0 bridgehead atoms. The van der Waals surface area contributed by atoms with E-state index >= 15 is 0 Å². The first-order chi connectivity index (χ1) is 9.17. The van der Waals surface area contributed by atoms with Crippen LogP contribution in [0.3, 0.4) is 0 Å². The number of aryl methyl sites for hydroxylation is 1. The van der Waals surface area contributed by atoms with E-state index in [1.807, 2.05) is 4.90 Å². The van der Waals surface area contributed by atoms with E-state index in [4.69, 9.17) is 5.73 Å². The molecule has 1 unspecified atom stereocenters. The minimum atomic E-state index is 0.0699. The second kappa shape index (κ2) is 6.16. The summed E-state index contributed by atoms with van der Waals surface area (Å²) in [5, 5.41) is 4.04. The van der Waals surface area contributed by atoms with Crippen LogP contribution in [0.15, 0.2) is 12.3 Å². The summed E-state index contributed by atoms with van der Waals surface area (Å²) in [6, 6.07) is 2.21. The molecule has 106 valence electrons. The van der Waals surface area contributed by atoms with Crippen LogP contribution >= 0.6 is 0 Å². The van der Waals surface area contributed by atoms with Crippen LogP contribution in [-0.4, -0.2) is 64.3 Å². The van der Waals surface area contributed by atoms with E-state index in [1.165, 1.54) is 0 Å². The number of hydrogen-bond donors (Lipinski definition) is 1. The van der Waals surface area contributed by atoms with Gasteiger partial charge in [-0.15, -0.1) is 0 Å². The molecule has 1 aliphatic heterocycles. The molecule has 0 aromatic carbocycles. The minimum absolute atomic E-state index is 0.0699. The first-order valence-electron chi connectivity index (χ1n) is 6.88. The van der Waals surface area contributed by atoms with Gasteiger partial charge in [0.25, 0.3) is 5.91 Å². The third-order valence-corrected chi connectivity index (χ3v) is 3.90. The molecule has 0 radical (unpaired) electrons. The van der Waals surface area contributed by atoms with E-state index < -0.39 is 0 Å². The summed E-state index contributed by atoms with van der Waals surface area (Å²) in [5.74, 6) is 0.0699. The Morgan fingerprint density at radius 2 is 2.11 bits per heavy atom. The Morgan fingerprint density at radius 3 is 2.58 bits per heavy atom. The number of hydrogen-bond acceptors (Lipinski definition) is 4. The van der Waals surface area contributed by atoms with Crippen LogP contribution in [0, 0.1) is 0 Å². The van der Waals surface area contributed by atoms with Gasteiger partial charge >= 0.3 is 0 Å². The van der Waals surface area contributed by atoms with Crippen LogP contribution in [0.1, 0.15) is 23.8 Å². The van der Waals surface area contributed by atoms with Crippen molar-refractivity contribution in [3.05, 3.63) is 18.0 Å². The zero-order valence-electron chi connectivity index (χ0n) is 11.7. The largest absolute Gasteiger partial charge is 0.335 e. The smallest absolute Gasteiger partial charge is 0.272 e. The summed E-state index contributed by atoms with van der Waals surface area (Å²) >= 11 is 0. The van der Waals surface area contributed by atoms with Crippen molar-refractivity contribution in [3.8, 4) is 0 Å². The number of carbonyl (C=O) groups excluding carboxylic acids is 1. The highest BCUT2D eigenvalue weighted by Gasteiger charge is 2.26. The van der Waals surface area contributed by atoms with Crippen molar-refractivity contribution in [1.29, 1.82) is 0 Å². The fraction of sp³-hybridized carbons (Fsp3) is 0.692. The maximum absolute atomic E-state index is 12.3. The van der Waals surface area contributed by atoms with Crippen molar-refractivity contribution in [2.45, 2.75) is 19.4 Å². The molecule has 1 fully saturated rings. The maximum Gasteiger partial charge on any atom is 0.272 e. The quantitative estimate of drug-likeness (QED) is 0.826. The molecule has 2 rings (SSSR count). The molecule has 6 nitrogen and oxygen atoms in total. The summed E-state index contributed by atoms with van der Waals surface area (Å²) < 4.78 is 1.63. The zero-order chi connectivity index (χ0) is 13.8. The Hall–Kier alpha value is -1.40. The normalized spacial score (nSPS) is 18.6. The number of aromatic nitrogens is 2. The van der Waals surface area contributed by atoms with E-state index in [-0.39, 0.29) is 5.91 Å². The van der Waals surface area contributed by atoms with Gasteiger partial charge in [0.05, 0.1) is 0 Å². The highest BCUT2D eigenvalue weighted by atomic mass is 16.2. The van der Waals surface area contributed by atoms with Gasteiger partial charge in [0.2, 0.25) is 0 Å². The molecule has 0 saturated carbocycles. The summed E-state index contributed by atoms with van der Waals surface area (Å²) in [6.07, 6.45) is 2.72. The van der Waals surface area contributed by atoms with E-state index in [0.717, 1.165) is 32.6 Å². The Morgan fingerprint density at radius 1 is 1.42 bits per heavy atom. The predicted octanol–water partition coefficient (Wildman–Crippen LogP) is -0.0848. The second-order valence-corrected chi connectivity index (χ2v) is 4.97. The number of nitrogens with zero attached hydrogens (tertiary/aromatic N) is 4. The van der Waals surface area contributed by atoms with Crippen LogP contribution in [0.25, 0.3) is 0 Å². The third kappa shape index (κ3) is 2.96. The number of piperazine rings is 1. The summed E-state index contributed by atoms with van der Waals surface area (Å²) in [7, 11) is 1.80.